The molecule has 1 saturated heterocycles. The molecule has 2 rings (SSSR count). The summed E-state index contributed by atoms with van der Waals surface area (Å²) in [5.74, 6) is 0.867. The summed E-state index contributed by atoms with van der Waals surface area (Å²) in [4.78, 5) is 18.5. The van der Waals surface area contributed by atoms with Gasteiger partial charge >= 0.3 is 0 Å². The van der Waals surface area contributed by atoms with Crippen molar-refractivity contribution in [3.8, 4) is 0 Å². The Bertz CT molecular complexity index is 413. The summed E-state index contributed by atoms with van der Waals surface area (Å²) in [7, 11) is 0. The first kappa shape index (κ1) is 13.3. The van der Waals surface area contributed by atoms with Gasteiger partial charge in [-0.3, -0.25) is 4.79 Å². The summed E-state index contributed by atoms with van der Waals surface area (Å²) in [5, 5.41) is 9.57. The topological polar surface area (TPSA) is 79.5 Å². The van der Waals surface area contributed by atoms with E-state index < -0.39 is 0 Å². The van der Waals surface area contributed by atoms with Crippen molar-refractivity contribution < 1.29 is 9.90 Å². The molecule has 0 radical (unpaired) electrons. The van der Waals surface area contributed by atoms with Crippen LogP contribution in [0.5, 0.6) is 0 Å². The minimum absolute atomic E-state index is 0.0271. The number of rotatable bonds is 3. The number of nitrogens with two attached hydrogens (primary N) is 1. The molecule has 1 aliphatic rings. The van der Waals surface area contributed by atoms with Crippen LogP contribution in [0, 0.1) is 11.8 Å². The number of hydrogen-bond acceptors (Lipinski definition) is 5. The fourth-order valence-corrected chi connectivity index (χ4v) is 3.02. The molecule has 5 nitrogen and oxygen atoms in total. The standard InChI is InChI=1S/C12H19N3O2S/c1-8(7-16)9-2-4-15(5-3-9)11(17)10-6-14-12(13)18-10/h6,8-9,16H,2-5,7H2,1H3,(H2,13,14)/t8-/m0/s1. The van der Waals surface area contributed by atoms with Crippen LogP contribution in [-0.4, -0.2) is 40.6 Å². The summed E-state index contributed by atoms with van der Waals surface area (Å²) in [6, 6.07) is 0. The molecular weight excluding hydrogens is 250 g/mol. The second-order valence-electron chi connectivity index (χ2n) is 4.85. The first-order chi connectivity index (χ1) is 8.61. The molecule has 18 heavy (non-hydrogen) atoms. The lowest BCUT2D eigenvalue weighted by molar-refractivity contribution is 0.0637. The molecule has 0 unspecified atom stereocenters. The number of amides is 1. The molecule has 6 heteroatoms. The quantitative estimate of drug-likeness (QED) is 0.864. The molecule has 1 amide bonds. The van der Waals surface area contributed by atoms with Crippen molar-refractivity contribution in [3.05, 3.63) is 11.1 Å². The molecular formula is C12H19N3O2S. The first-order valence-corrected chi connectivity index (χ1v) is 7.05. The van der Waals surface area contributed by atoms with Crippen molar-refractivity contribution in [1.29, 1.82) is 0 Å². The van der Waals surface area contributed by atoms with E-state index in [1.54, 1.807) is 6.20 Å². The van der Waals surface area contributed by atoms with Crippen molar-refractivity contribution in [3.63, 3.8) is 0 Å². The van der Waals surface area contributed by atoms with Gasteiger partial charge in [0.15, 0.2) is 5.13 Å². The van der Waals surface area contributed by atoms with Crippen molar-refractivity contribution in [1.82, 2.24) is 9.88 Å². The summed E-state index contributed by atoms with van der Waals surface area (Å²) in [6.45, 7) is 3.80. The van der Waals surface area contributed by atoms with Gasteiger partial charge in [0.1, 0.15) is 4.88 Å². The van der Waals surface area contributed by atoms with Gasteiger partial charge in [0.05, 0.1) is 6.20 Å². The third kappa shape index (κ3) is 2.81. The van der Waals surface area contributed by atoms with Gasteiger partial charge in [0.25, 0.3) is 5.91 Å². The van der Waals surface area contributed by atoms with Crippen LogP contribution >= 0.6 is 11.3 Å². The minimum atomic E-state index is 0.0271. The highest BCUT2D eigenvalue weighted by molar-refractivity contribution is 7.17. The fourth-order valence-electron chi connectivity index (χ4n) is 2.36. The van der Waals surface area contributed by atoms with Crippen molar-refractivity contribution in [2.45, 2.75) is 19.8 Å². The molecule has 3 N–H and O–H groups in total. The van der Waals surface area contributed by atoms with E-state index in [9.17, 15) is 4.79 Å². The van der Waals surface area contributed by atoms with Crippen molar-refractivity contribution >= 4 is 22.4 Å². The smallest absolute Gasteiger partial charge is 0.265 e. The van der Waals surface area contributed by atoms with E-state index in [4.69, 9.17) is 10.8 Å². The maximum absolute atomic E-state index is 12.2. The highest BCUT2D eigenvalue weighted by Gasteiger charge is 2.27. The molecule has 1 aliphatic heterocycles. The van der Waals surface area contributed by atoms with Crippen LogP contribution in [0.25, 0.3) is 0 Å². The number of carbonyl (C=O) groups excluding carboxylic acids is 1. The normalized spacial score (nSPS) is 18.9. The highest BCUT2D eigenvalue weighted by atomic mass is 32.1. The van der Waals surface area contributed by atoms with Gasteiger partial charge in [-0.15, -0.1) is 0 Å². The molecule has 1 atom stereocenters. The van der Waals surface area contributed by atoms with E-state index in [0.717, 1.165) is 25.9 Å². The summed E-state index contributed by atoms with van der Waals surface area (Å²) >= 11 is 1.24. The van der Waals surface area contributed by atoms with Gasteiger partial charge in [-0.05, 0) is 24.7 Å². The molecule has 0 saturated carbocycles. The number of piperidine rings is 1. The molecule has 0 spiro atoms. The van der Waals surface area contributed by atoms with Crippen molar-refractivity contribution in [2.24, 2.45) is 11.8 Å². The Balaban J connectivity index is 1.92. The number of thiazole rings is 1. The van der Waals surface area contributed by atoms with Crippen LogP contribution in [0.15, 0.2) is 6.20 Å². The molecule has 1 fully saturated rings. The van der Waals surface area contributed by atoms with Crippen LogP contribution in [0.3, 0.4) is 0 Å². The highest BCUT2D eigenvalue weighted by Crippen LogP contribution is 2.26. The largest absolute Gasteiger partial charge is 0.396 e. The molecule has 0 aliphatic carbocycles. The Morgan fingerprint density at radius 3 is 2.83 bits per heavy atom. The van der Waals surface area contributed by atoms with Crippen LogP contribution in [0.2, 0.25) is 0 Å². The van der Waals surface area contributed by atoms with Gasteiger partial charge in [0.2, 0.25) is 0 Å². The van der Waals surface area contributed by atoms with E-state index in [0.29, 0.717) is 21.8 Å². The fraction of sp³-hybridized carbons (Fsp3) is 0.667. The number of nitrogen functional groups attached to an aromatic ring is 1. The van der Waals surface area contributed by atoms with E-state index in [1.165, 1.54) is 11.3 Å². The van der Waals surface area contributed by atoms with Crippen LogP contribution < -0.4 is 5.73 Å². The number of aliphatic hydroxyl groups excluding tert-OH is 1. The van der Waals surface area contributed by atoms with Crippen LogP contribution in [-0.2, 0) is 0 Å². The average Bonchev–Trinajstić information content (AvgIpc) is 2.84. The lowest BCUT2D eigenvalue weighted by Crippen LogP contribution is -2.39. The third-order valence-corrected chi connectivity index (χ3v) is 4.47. The van der Waals surface area contributed by atoms with E-state index in [1.807, 2.05) is 4.90 Å². The first-order valence-electron chi connectivity index (χ1n) is 6.23. The molecule has 0 aromatic carbocycles. The number of likely N-dealkylation sites (tertiary alicyclic amines) is 1. The summed E-state index contributed by atoms with van der Waals surface area (Å²) in [6.07, 6.45) is 3.47. The van der Waals surface area contributed by atoms with Gasteiger partial charge < -0.3 is 15.7 Å². The van der Waals surface area contributed by atoms with Crippen LogP contribution in [0.1, 0.15) is 29.4 Å². The maximum Gasteiger partial charge on any atom is 0.265 e. The lowest BCUT2D eigenvalue weighted by Gasteiger charge is -2.34. The Morgan fingerprint density at radius 2 is 2.33 bits per heavy atom. The number of hydrogen-bond donors (Lipinski definition) is 2. The Hall–Kier alpha value is -1.14. The monoisotopic (exact) mass is 269 g/mol. The Kier molecular flexibility index (Phi) is 4.19. The number of nitrogens with zero attached hydrogens (tertiary/aromatic N) is 2. The second kappa shape index (κ2) is 5.67. The van der Waals surface area contributed by atoms with Gasteiger partial charge in [0, 0.05) is 19.7 Å². The summed E-state index contributed by atoms with van der Waals surface area (Å²) < 4.78 is 0. The number of anilines is 1. The van der Waals surface area contributed by atoms with Gasteiger partial charge in [-0.25, -0.2) is 4.98 Å². The molecule has 1 aromatic rings. The van der Waals surface area contributed by atoms with Crippen LogP contribution in [0.4, 0.5) is 5.13 Å². The Morgan fingerprint density at radius 1 is 1.67 bits per heavy atom. The molecule has 2 heterocycles. The predicted molar refractivity (Wildman–Crippen MR) is 71.4 cm³/mol. The van der Waals surface area contributed by atoms with E-state index >= 15 is 0 Å². The summed E-state index contributed by atoms with van der Waals surface area (Å²) in [5.41, 5.74) is 5.53. The zero-order valence-corrected chi connectivity index (χ0v) is 11.3. The SMILES string of the molecule is C[C@@H](CO)C1CCN(C(=O)c2cnc(N)s2)CC1. The van der Waals surface area contributed by atoms with Gasteiger partial charge in [-0.1, -0.05) is 18.3 Å². The number of aromatic nitrogens is 1. The third-order valence-electron chi connectivity index (χ3n) is 3.65. The molecule has 0 bridgehead atoms. The predicted octanol–water partition coefficient (Wildman–Crippen LogP) is 1.21. The molecule has 1 aromatic heterocycles. The van der Waals surface area contributed by atoms with Gasteiger partial charge in [-0.2, -0.15) is 0 Å². The van der Waals surface area contributed by atoms with E-state index in [2.05, 4.69) is 11.9 Å². The van der Waals surface area contributed by atoms with E-state index in [-0.39, 0.29) is 12.5 Å². The second-order valence-corrected chi connectivity index (χ2v) is 5.91. The number of aliphatic hydroxyl groups is 1. The zero-order chi connectivity index (χ0) is 13.1. The zero-order valence-electron chi connectivity index (χ0n) is 10.5. The average molecular weight is 269 g/mol. The lowest BCUT2D eigenvalue weighted by atomic mass is 9.86. The maximum atomic E-state index is 12.2. The molecule has 100 valence electrons. The number of carbonyl (C=O) groups is 1. The Labute approximate surface area is 111 Å². The minimum Gasteiger partial charge on any atom is -0.396 e. The van der Waals surface area contributed by atoms with Crippen molar-refractivity contribution in [2.75, 3.05) is 25.4 Å².